The second kappa shape index (κ2) is 9.16. The van der Waals surface area contributed by atoms with Crippen LogP contribution in [0.5, 0.6) is 11.5 Å². The summed E-state index contributed by atoms with van der Waals surface area (Å²) < 4.78 is 18.0. The van der Waals surface area contributed by atoms with Crippen LogP contribution in [0.4, 0.5) is 0 Å². The van der Waals surface area contributed by atoms with E-state index in [0.29, 0.717) is 19.3 Å². The molecule has 1 N–H and O–H groups in total. The third kappa shape index (κ3) is 4.06. The molecule has 174 valence electrons. The zero-order chi connectivity index (χ0) is 22.9. The smallest absolute Gasteiger partial charge is 0.157 e. The molecule has 2 aromatic carbocycles. The summed E-state index contributed by atoms with van der Waals surface area (Å²) in [5, 5.41) is 5.50. The van der Waals surface area contributed by atoms with Crippen molar-refractivity contribution in [2.24, 2.45) is 7.05 Å². The van der Waals surface area contributed by atoms with Crippen LogP contribution in [0.2, 0.25) is 0 Å². The van der Waals surface area contributed by atoms with Crippen molar-refractivity contribution in [1.29, 1.82) is 0 Å². The zero-order valence-electron chi connectivity index (χ0n) is 19.2. The van der Waals surface area contributed by atoms with Gasteiger partial charge in [0.1, 0.15) is 24.2 Å². The van der Waals surface area contributed by atoms with E-state index < -0.39 is 0 Å². The summed E-state index contributed by atoms with van der Waals surface area (Å²) in [6.45, 7) is 3.32. The number of hydrogen-bond acceptors (Lipinski definition) is 5. The van der Waals surface area contributed by atoms with Gasteiger partial charge in [-0.15, -0.1) is 11.3 Å². The molecule has 4 heterocycles. The van der Waals surface area contributed by atoms with Gasteiger partial charge in [-0.25, -0.2) is 4.98 Å². The number of aryl methyl sites for hydroxylation is 1. The number of thiophene rings is 1. The van der Waals surface area contributed by atoms with Crippen LogP contribution in [0.1, 0.15) is 12.8 Å². The Morgan fingerprint density at radius 1 is 1.00 bits per heavy atom. The average Bonchev–Trinajstić information content (AvgIpc) is 3.56. The molecule has 6 nitrogen and oxygen atoms in total. The van der Waals surface area contributed by atoms with E-state index in [1.165, 1.54) is 10.2 Å². The van der Waals surface area contributed by atoms with E-state index in [9.17, 15) is 0 Å². The van der Waals surface area contributed by atoms with Crippen LogP contribution in [0.3, 0.4) is 0 Å². The van der Waals surface area contributed by atoms with Gasteiger partial charge in [-0.05, 0) is 79.8 Å². The number of hydrogen-bond donors (Lipinski definition) is 1. The Morgan fingerprint density at radius 2 is 1.79 bits per heavy atom. The topological polar surface area (TPSA) is 53.2 Å². The SMILES string of the molecule is Cn1c(-c2nc3ccccc3n2CCOc2ccc(OC3CCNCC3)cc2)cc2sccc21. The van der Waals surface area contributed by atoms with Crippen molar-refractivity contribution >= 4 is 32.6 Å². The number of para-hydroxylation sites is 2. The van der Waals surface area contributed by atoms with Gasteiger partial charge in [0.15, 0.2) is 5.82 Å². The van der Waals surface area contributed by atoms with E-state index >= 15 is 0 Å². The first kappa shape index (κ1) is 21.3. The van der Waals surface area contributed by atoms with Crippen LogP contribution in [0, 0.1) is 0 Å². The molecule has 6 rings (SSSR count). The lowest BCUT2D eigenvalue weighted by Crippen LogP contribution is -2.34. The number of benzene rings is 2. The van der Waals surface area contributed by atoms with Gasteiger partial charge in [0, 0.05) is 7.05 Å². The van der Waals surface area contributed by atoms with E-state index in [2.05, 4.69) is 57.2 Å². The monoisotopic (exact) mass is 472 g/mol. The van der Waals surface area contributed by atoms with Gasteiger partial charge in [0.2, 0.25) is 0 Å². The third-order valence-electron chi connectivity index (χ3n) is 6.54. The van der Waals surface area contributed by atoms with Crippen molar-refractivity contribution < 1.29 is 9.47 Å². The first-order chi connectivity index (χ1) is 16.8. The lowest BCUT2D eigenvalue weighted by Gasteiger charge is -2.23. The van der Waals surface area contributed by atoms with Crippen LogP contribution in [-0.2, 0) is 13.6 Å². The van der Waals surface area contributed by atoms with Crippen molar-refractivity contribution in [3.63, 3.8) is 0 Å². The highest BCUT2D eigenvalue weighted by atomic mass is 32.1. The summed E-state index contributed by atoms with van der Waals surface area (Å²) in [5.41, 5.74) is 4.48. The maximum Gasteiger partial charge on any atom is 0.157 e. The highest BCUT2D eigenvalue weighted by Gasteiger charge is 2.18. The van der Waals surface area contributed by atoms with Gasteiger partial charge in [-0.3, -0.25) is 0 Å². The van der Waals surface area contributed by atoms with Gasteiger partial charge in [0.05, 0.1) is 33.5 Å². The molecule has 0 aliphatic carbocycles. The molecular formula is C27H28N4O2S. The summed E-state index contributed by atoms with van der Waals surface area (Å²) in [5.74, 6) is 2.73. The van der Waals surface area contributed by atoms with Gasteiger partial charge in [0.25, 0.3) is 0 Å². The van der Waals surface area contributed by atoms with E-state index in [0.717, 1.165) is 60.0 Å². The zero-order valence-corrected chi connectivity index (χ0v) is 20.1. The maximum atomic E-state index is 6.12. The number of aromatic nitrogens is 3. The number of fused-ring (bicyclic) bond motifs is 2. The summed E-state index contributed by atoms with van der Waals surface area (Å²) >= 11 is 1.76. The Labute approximate surface area is 202 Å². The highest BCUT2D eigenvalue weighted by molar-refractivity contribution is 7.17. The quantitative estimate of drug-likeness (QED) is 0.341. The molecule has 1 fully saturated rings. The fourth-order valence-corrected chi connectivity index (χ4v) is 5.59. The molecular weight excluding hydrogens is 444 g/mol. The van der Waals surface area contributed by atoms with Crippen LogP contribution in [0.15, 0.2) is 66.0 Å². The van der Waals surface area contributed by atoms with Crippen molar-refractivity contribution in [2.75, 3.05) is 19.7 Å². The molecule has 0 saturated carbocycles. The number of ether oxygens (including phenoxy) is 2. The van der Waals surface area contributed by atoms with Crippen LogP contribution < -0.4 is 14.8 Å². The Balaban J connectivity index is 1.19. The number of piperidine rings is 1. The Morgan fingerprint density at radius 3 is 2.62 bits per heavy atom. The molecule has 1 aliphatic rings. The lowest BCUT2D eigenvalue weighted by molar-refractivity contribution is 0.162. The molecule has 1 aliphatic heterocycles. The first-order valence-electron chi connectivity index (χ1n) is 11.8. The summed E-state index contributed by atoms with van der Waals surface area (Å²) in [4.78, 5) is 4.98. The molecule has 34 heavy (non-hydrogen) atoms. The molecule has 0 bridgehead atoms. The highest BCUT2D eigenvalue weighted by Crippen LogP contribution is 2.32. The molecule has 3 aromatic heterocycles. The first-order valence-corrected chi connectivity index (χ1v) is 12.7. The summed E-state index contributed by atoms with van der Waals surface area (Å²) in [6, 6.07) is 20.7. The molecule has 7 heteroatoms. The van der Waals surface area contributed by atoms with Crippen LogP contribution >= 0.6 is 11.3 Å². The summed E-state index contributed by atoms with van der Waals surface area (Å²) in [6.07, 6.45) is 2.41. The van der Waals surface area contributed by atoms with Crippen molar-refractivity contribution in [3.05, 3.63) is 66.0 Å². The van der Waals surface area contributed by atoms with Gasteiger partial charge >= 0.3 is 0 Å². The second-order valence-electron chi connectivity index (χ2n) is 8.72. The normalized spacial score (nSPS) is 14.7. The van der Waals surface area contributed by atoms with Crippen molar-refractivity contribution in [3.8, 4) is 23.0 Å². The van der Waals surface area contributed by atoms with E-state index in [-0.39, 0.29) is 0 Å². The number of nitrogens with one attached hydrogen (secondary N) is 1. The number of rotatable bonds is 7. The Hall–Kier alpha value is -3.29. The fraction of sp³-hybridized carbons (Fsp3) is 0.296. The average molecular weight is 473 g/mol. The minimum atomic E-state index is 0.300. The second-order valence-corrected chi connectivity index (χ2v) is 9.67. The predicted octanol–water partition coefficient (Wildman–Crippen LogP) is 5.47. The maximum absolute atomic E-state index is 6.12. The Kier molecular flexibility index (Phi) is 5.73. The standard InChI is InChI=1S/C27H28N4O2S/c1-30-24-12-17-34-26(24)18-25(30)27-29-22-4-2-3-5-23(22)31(27)15-16-32-19-6-8-20(9-7-19)33-21-10-13-28-14-11-21/h2-9,12,17-18,21,28H,10-11,13-16H2,1H3. The third-order valence-corrected chi connectivity index (χ3v) is 7.40. The van der Waals surface area contributed by atoms with Gasteiger partial charge in [-0.1, -0.05) is 12.1 Å². The molecule has 1 saturated heterocycles. The lowest BCUT2D eigenvalue weighted by atomic mass is 10.1. The predicted molar refractivity (Wildman–Crippen MR) is 138 cm³/mol. The molecule has 0 radical (unpaired) electrons. The van der Waals surface area contributed by atoms with E-state index in [4.69, 9.17) is 14.5 Å². The minimum absolute atomic E-state index is 0.300. The van der Waals surface area contributed by atoms with Gasteiger partial charge < -0.3 is 23.9 Å². The molecule has 0 spiro atoms. The summed E-state index contributed by atoms with van der Waals surface area (Å²) in [7, 11) is 2.11. The largest absolute Gasteiger partial charge is 0.492 e. The van der Waals surface area contributed by atoms with Crippen LogP contribution in [-0.4, -0.2) is 39.9 Å². The fourth-order valence-electron chi connectivity index (χ4n) is 4.74. The number of imidazole rings is 1. The number of nitrogens with zero attached hydrogens (tertiary/aromatic N) is 3. The van der Waals surface area contributed by atoms with E-state index in [1.807, 2.05) is 30.3 Å². The van der Waals surface area contributed by atoms with Crippen molar-refractivity contribution in [2.45, 2.75) is 25.5 Å². The van der Waals surface area contributed by atoms with Gasteiger partial charge in [-0.2, -0.15) is 0 Å². The molecule has 0 amide bonds. The minimum Gasteiger partial charge on any atom is -0.492 e. The van der Waals surface area contributed by atoms with E-state index in [1.54, 1.807) is 11.3 Å². The molecule has 0 atom stereocenters. The Bertz CT molecular complexity index is 1410. The molecule has 0 unspecified atom stereocenters. The van der Waals surface area contributed by atoms with Crippen LogP contribution in [0.25, 0.3) is 32.8 Å². The molecule has 5 aromatic rings. The van der Waals surface area contributed by atoms with Crippen molar-refractivity contribution in [1.82, 2.24) is 19.4 Å².